The number of para-hydroxylation sites is 1. The van der Waals surface area contributed by atoms with Crippen LogP contribution >= 0.6 is 12.2 Å². The predicted octanol–water partition coefficient (Wildman–Crippen LogP) is 4.60. The van der Waals surface area contributed by atoms with E-state index in [-0.39, 0.29) is 5.17 Å². The molecule has 2 nitrogen and oxygen atoms in total. The fourth-order valence-electron chi connectivity index (χ4n) is 2.19. The van der Waals surface area contributed by atoms with Crippen LogP contribution in [-0.2, 0) is 6.42 Å². The molecule has 1 rings (SSSR count). The highest BCUT2D eigenvalue weighted by atomic mass is 32.1. The first kappa shape index (κ1) is 16.0. The van der Waals surface area contributed by atoms with Gasteiger partial charge in [0, 0.05) is 0 Å². The van der Waals surface area contributed by atoms with Crippen molar-refractivity contribution in [3.63, 3.8) is 0 Å². The molecule has 0 aliphatic heterocycles. The molecular weight excluding hydrogens is 254 g/mol. The zero-order valence-electron chi connectivity index (χ0n) is 11.9. The van der Waals surface area contributed by atoms with Gasteiger partial charge in [0.2, 0.25) is 0 Å². The molecule has 19 heavy (non-hydrogen) atoms. The highest BCUT2D eigenvalue weighted by Gasteiger charge is 2.03. The summed E-state index contributed by atoms with van der Waals surface area (Å²) in [5, 5.41) is 0.0898. The SMILES string of the molecule is CCCCCCCCCc1ccccc1OC(N)=S. The monoisotopic (exact) mass is 279 g/mol. The number of hydrogen-bond donors (Lipinski definition) is 1. The van der Waals surface area contributed by atoms with Crippen molar-refractivity contribution in [2.24, 2.45) is 5.73 Å². The molecule has 106 valence electrons. The first-order valence-corrected chi connectivity index (χ1v) is 7.70. The maximum absolute atomic E-state index is 5.43. The summed E-state index contributed by atoms with van der Waals surface area (Å²) >= 11 is 4.79. The second kappa shape index (κ2) is 9.79. The van der Waals surface area contributed by atoms with E-state index < -0.39 is 0 Å². The average Bonchev–Trinajstić information content (AvgIpc) is 2.39. The van der Waals surface area contributed by atoms with Crippen LogP contribution in [0.1, 0.15) is 57.4 Å². The zero-order valence-corrected chi connectivity index (χ0v) is 12.7. The van der Waals surface area contributed by atoms with Crippen LogP contribution in [0.5, 0.6) is 5.75 Å². The lowest BCUT2D eigenvalue weighted by molar-refractivity contribution is 0.541. The molecule has 1 aromatic carbocycles. The second-order valence-corrected chi connectivity index (χ2v) is 5.30. The number of rotatable bonds is 9. The molecule has 2 N–H and O–H groups in total. The summed E-state index contributed by atoms with van der Waals surface area (Å²) in [6.45, 7) is 2.25. The molecule has 0 unspecified atom stereocenters. The Kier molecular flexibility index (Phi) is 8.23. The van der Waals surface area contributed by atoms with Crippen molar-refractivity contribution < 1.29 is 4.74 Å². The molecule has 1 aromatic rings. The summed E-state index contributed by atoms with van der Waals surface area (Å²) in [6.07, 6.45) is 10.3. The third-order valence-corrected chi connectivity index (χ3v) is 3.32. The standard InChI is InChI=1S/C16H25NOS/c1-2-3-4-5-6-7-8-11-14-12-9-10-13-15(14)18-16(17)19/h9-10,12-13H,2-8,11H2,1H3,(H2,17,19). The molecule has 0 atom stereocenters. The summed E-state index contributed by atoms with van der Waals surface area (Å²) in [4.78, 5) is 0. The highest BCUT2D eigenvalue weighted by Crippen LogP contribution is 2.20. The van der Waals surface area contributed by atoms with Crippen LogP contribution in [0.15, 0.2) is 24.3 Å². The Bertz CT molecular complexity index is 379. The Balaban J connectivity index is 2.26. The Hall–Kier alpha value is -1.09. The minimum Gasteiger partial charge on any atom is -0.432 e. The Morgan fingerprint density at radius 1 is 1.05 bits per heavy atom. The van der Waals surface area contributed by atoms with Crippen LogP contribution < -0.4 is 10.5 Å². The smallest absolute Gasteiger partial charge is 0.259 e. The molecule has 3 heteroatoms. The number of benzene rings is 1. The van der Waals surface area contributed by atoms with E-state index in [0.29, 0.717) is 0 Å². The largest absolute Gasteiger partial charge is 0.432 e. The van der Waals surface area contributed by atoms with Gasteiger partial charge < -0.3 is 10.5 Å². The molecule has 0 aliphatic rings. The summed E-state index contributed by atoms with van der Waals surface area (Å²) < 4.78 is 5.36. The molecule has 0 aromatic heterocycles. The van der Waals surface area contributed by atoms with Gasteiger partial charge in [-0.15, -0.1) is 0 Å². The van der Waals surface area contributed by atoms with Gasteiger partial charge in [-0.25, -0.2) is 0 Å². The maximum atomic E-state index is 5.43. The topological polar surface area (TPSA) is 35.2 Å². The highest BCUT2D eigenvalue weighted by molar-refractivity contribution is 7.80. The van der Waals surface area contributed by atoms with Gasteiger partial charge in [-0.2, -0.15) is 0 Å². The zero-order chi connectivity index (χ0) is 13.9. The van der Waals surface area contributed by atoms with Gasteiger partial charge >= 0.3 is 0 Å². The van der Waals surface area contributed by atoms with Crippen molar-refractivity contribution >= 4 is 17.4 Å². The van der Waals surface area contributed by atoms with Crippen molar-refractivity contribution in [2.75, 3.05) is 0 Å². The Morgan fingerprint density at radius 3 is 2.37 bits per heavy atom. The van der Waals surface area contributed by atoms with E-state index >= 15 is 0 Å². The van der Waals surface area contributed by atoms with Crippen LogP contribution in [-0.4, -0.2) is 5.17 Å². The van der Waals surface area contributed by atoms with Gasteiger partial charge in [-0.1, -0.05) is 63.6 Å². The first-order chi connectivity index (χ1) is 9.24. The molecule has 0 bridgehead atoms. The molecule has 0 aliphatic carbocycles. The van der Waals surface area contributed by atoms with Gasteiger partial charge in [-0.3, -0.25) is 0 Å². The van der Waals surface area contributed by atoms with Gasteiger partial charge in [0.1, 0.15) is 5.75 Å². The lowest BCUT2D eigenvalue weighted by Gasteiger charge is -2.09. The average molecular weight is 279 g/mol. The molecule has 0 heterocycles. The minimum atomic E-state index is 0.0898. The van der Waals surface area contributed by atoms with Crippen molar-refractivity contribution in [1.82, 2.24) is 0 Å². The Morgan fingerprint density at radius 2 is 1.68 bits per heavy atom. The molecule has 0 amide bonds. The van der Waals surface area contributed by atoms with Gasteiger partial charge in [0.25, 0.3) is 5.17 Å². The predicted molar refractivity (Wildman–Crippen MR) is 85.6 cm³/mol. The van der Waals surface area contributed by atoms with E-state index in [9.17, 15) is 0 Å². The van der Waals surface area contributed by atoms with E-state index in [1.165, 1.54) is 50.5 Å². The van der Waals surface area contributed by atoms with Gasteiger partial charge in [0.15, 0.2) is 0 Å². The van der Waals surface area contributed by atoms with Crippen LogP contribution in [0.25, 0.3) is 0 Å². The molecule has 0 saturated heterocycles. The summed E-state index contributed by atoms with van der Waals surface area (Å²) in [6, 6.07) is 7.99. The maximum Gasteiger partial charge on any atom is 0.259 e. The molecular formula is C16H25NOS. The van der Waals surface area contributed by atoms with Gasteiger partial charge in [-0.05, 0) is 36.7 Å². The molecule has 0 saturated carbocycles. The minimum absolute atomic E-state index is 0.0898. The van der Waals surface area contributed by atoms with Crippen molar-refractivity contribution in [3.8, 4) is 5.75 Å². The van der Waals surface area contributed by atoms with Crippen molar-refractivity contribution in [3.05, 3.63) is 29.8 Å². The Labute approximate surface area is 122 Å². The van der Waals surface area contributed by atoms with Crippen LogP contribution in [0.3, 0.4) is 0 Å². The van der Waals surface area contributed by atoms with E-state index in [1.54, 1.807) is 0 Å². The van der Waals surface area contributed by atoms with E-state index in [1.807, 2.05) is 18.2 Å². The quantitative estimate of drug-likeness (QED) is 0.530. The number of unbranched alkanes of at least 4 members (excludes halogenated alkanes) is 6. The lowest BCUT2D eigenvalue weighted by atomic mass is 10.0. The summed E-state index contributed by atoms with van der Waals surface area (Å²) in [5.41, 5.74) is 6.62. The lowest BCUT2D eigenvalue weighted by Crippen LogP contribution is -2.16. The van der Waals surface area contributed by atoms with Crippen LogP contribution in [0.2, 0.25) is 0 Å². The summed E-state index contributed by atoms with van der Waals surface area (Å²) in [5.74, 6) is 0.806. The number of aryl methyl sites for hydroxylation is 1. The van der Waals surface area contributed by atoms with Crippen molar-refractivity contribution in [1.29, 1.82) is 0 Å². The number of nitrogens with two attached hydrogens (primary N) is 1. The third-order valence-electron chi connectivity index (χ3n) is 3.23. The number of thiocarbonyl (C=S) groups is 1. The summed E-state index contributed by atoms with van der Waals surface area (Å²) in [7, 11) is 0. The van der Waals surface area contributed by atoms with Crippen LogP contribution in [0, 0.1) is 0 Å². The van der Waals surface area contributed by atoms with E-state index in [4.69, 9.17) is 22.7 Å². The number of hydrogen-bond acceptors (Lipinski definition) is 2. The molecule has 0 spiro atoms. The molecule has 0 radical (unpaired) electrons. The fraction of sp³-hybridized carbons (Fsp3) is 0.562. The first-order valence-electron chi connectivity index (χ1n) is 7.29. The van der Waals surface area contributed by atoms with Crippen molar-refractivity contribution in [2.45, 2.75) is 58.3 Å². The fourth-order valence-corrected chi connectivity index (χ4v) is 2.28. The van der Waals surface area contributed by atoms with Crippen LogP contribution in [0.4, 0.5) is 0 Å². The normalized spacial score (nSPS) is 10.4. The van der Waals surface area contributed by atoms with Gasteiger partial charge in [0.05, 0.1) is 0 Å². The number of ether oxygens (including phenoxy) is 1. The third kappa shape index (κ3) is 7.16. The van der Waals surface area contributed by atoms with E-state index in [0.717, 1.165) is 12.2 Å². The second-order valence-electron chi connectivity index (χ2n) is 4.90. The van der Waals surface area contributed by atoms with E-state index in [2.05, 4.69) is 13.0 Å². The molecule has 0 fully saturated rings.